The number of halogens is 1. The number of H-pyrrole nitrogens is 1. The Morgan fingerprint density at radius 1 is 1.30 bits per heavy atom. The van der Waals surface area contributed by atoms with Gasteiger partial charge in [0.25, 0.3) is 0 Å². The van der Waals surface area contributed by atoms with E-state index >= 15 is 0 Å². The maximum Gasteiger partial charge on any atom is 0.186 e. The minimum Gasteiger partial charge on any atom is -0.370 e. The number of aromatic amines is 1. The molecule has 1 saturated heterocycles. The lowest BCUT2D eigenvalue weighted by atomic mass is 10.1. The van der Waals surface area contributed by atoms with Gasteiger partial charge in [-0.1, -0.05) is 18.2 Å². The maximum atomic E-state index is 13.6. The summed E-state index contributed by atoms with van der Waals surface area (Å²) in [5.74, 6) is 0.641. The van der Waals surface area contributed by atoms with Gasteiger partial charge in [0, 0.05) is 24.3 Å². The van der Waals surface area contributed by atoms with E-state index in [2.05, 4.69) is 25.1 Å². The monoisotopic (exact) mass is 313 g/mol. The van der Waals surface area contributed by atoms with Crippen LogP contribution in [0, 0.1) is 12.7 Å². The van der Waals surface area contributed by atoms with Crippen LogP contribution in [0.2, 0.25) is 0 Å². The number of anilines is 1. The molecular weight excluding hydrogens is 297 g/mol. The van der Waals surface area contributed by atoms with E-state index in [1.165, 1.54) is 12.4 Å². The highest BCUT2D eigenvalue weighted by Gasteiger charge is 2.30. The number of benzene rings is 1. The zero-order chi connectivity index (χ0) is 15.8. The lowest BCUT2D eigenvalue weighted by Gasteiger charge is -2.40. The summed E-state index contributed by atoms with van der Waals surface area (Å²) in [6.45, 7) is 3.69. The molecule has 0 bridgehead atoms. The average molecular weight is 313 g/mol. The van der Waals surface area contributed by atoms with Crippen LogP contribution in [-0.2, 0) is 11.3 Å². The number of aryl methyl sites for hydroxylation is 1. The fraction of sp³-hybridized carbons (Fsp3) is 0.312. The number of rotatable bonds is 4. The van der Waals surface area contributed by atoms with E-state index in [1.54, 1.807) is 12.1 Å². The van der Waals surface area contributed by atoms with E-state index in [0.717, 1.165) is 30.0 Å². The number of aromatic nitrogens is 4. The third-order valence-electron chi connectivity index (χ3n) is 4.09. The fourth-order valence-corrected chi connectivity index (χ4v) is 2.76. The van der Waals surface area contributed by atoms with Crippen LogP contribution in [0.3, 0.4) is 0 Å². The quantitative estimate of drug-likeness (QED) is 0.800. The van der Waals surface area contributed by atoms with Crippen LogP contribution >= 0.6 is 0 Å². The van der Waals surface area contributed by atoms with Crippen molar-refractivity contribution < 1.29 is 9.13 Å². The standard InChI is InChI=1S/C16H16FN5O/c1-10-14-15(21-20-10)18-9-19-16(14)22-6-12(7-22)23-8-11-4-2-3-5-13(11)17/h2-5,9,12H,6-8H2,1H3,(H,18,19,20,21). The van der Waals surface area contributed by atoms with Crippen molar-refractivity contribution in [2.45, 2.75) is 19.6 Å². The lowest BCUT2D eigenvalue weighted by Crippen LogP contribution is -2.52. The first-order chi connectivity index (χ1) is 11.2. The number of hydrogen-bond donors (Lipinski definition) is 1. The summed E-state index contributed by atoms with van der Waals surface area (Å²) in [4.78, 5) is 10.6. The second-order valence-electron chi connectivity index (χ2n) is 5.67. The number of nitrogens with zero attached hydrogens (tertiary/aromatic N) is 4. The molecule has 4 rings (SSSR count). The van der Waals surface area contributed by atoms with Crippen LogP contribution in [0.5, 0.6) is 0 Å². The molecule has 3 heterocycles. The summed E-state index contributed by atoms with van der Waals surface area (Å²) < 4.78 is 19.3. The van der Waals surface area contributed by atoms with Gasteiger partial charge in [-0.25, -0.2) is 14.4 Å². The van der Waals surface area contributed by atoms with E-state index in [0.29, 0.717) is 11.2 Å². The van der Waals surface area contributed by atoms with E-state index < -0.39 is 0 Å². The van der Waals surface area contributed by atoms with Crippen LogP contribution < -0.4 is 4.90 Å². The Hall–Kier alpha value is -2.54. The van der Waals surface area contributed by atoms with Gasteiger partial charge in [-0.3, -0.25) is 5.10 Å². The van der Waals surface area contributed by atoms with Gasteiger partial charge >= 0.3 is 0 Å². The van der Waals surface area contributed by atoms with Crippen LogP contribution in [-0.4, -0.2) is 39.4 Å². The number of hydrogen-bond acceptors (Lipinski definition) is 5. The van der Waals surface area contributed by atoms with Crippen molar-refractivity contribution in [1.82, 2.24) is 20.2 Å². The molecule has 0 aliphatic carbocycles. The summed E-state index contributed by atoms with van der Waals surface area (Å²) in [5.41, 5.74) is 2.20. The molecule has 6 nitrogen and oxygen atoms in total. The Labute approximate surface area is 132 Å². The molecule has 0 unspecified atom stereocenters. The molecule has 1 N–H and O–H groups in total. The number of ether oxygens (including phenoxy) is 1. The van der Waals surface area contributed by atoms with Crippen molar-refractivity contribution in [3.63, 3.8) is 0 Å². The molecule has 0 saturated carbocycles. The average Bonchev–Trinajstić information content (AvgIpc) is 2.90. The molecule has 1 aliphatic rings. The summed E-state index contributed by atoms with van der Waals surface area (Å²) in [5, 5.41) is 8.03. The van der Waals surface area contributed by atoms with E-state index in [1.807, 2.05) is 13.0 Å². The van der Waals surface area contributed by atoms with Crippen molar-refractivity contribution in [2.75, 3.05) is 18.0 Å². The first-order valence-electron chi connectivity index (χ1n) is 7.48. The highest BCUT2D eigenvalue weighted by atomic mass is 19.1. The molecule has 118 valence electrons. The summed E-state index contributed by atoms with van der Waals surface area (Å²) >= 11 is 0. The molecule has 23 heavy (non-hydrogen) atoms. The third-order valence-corrected chi connectivity index (χ3v) is 4.09. The van der Waals surface area contributed by atoms with Gasteiger partial charge in [-0.05, 0) is 13.0 Å². The van der Waals surface area contributed by atoms with Crippen LogP contribution in [0.15, 0.2) is 30.6 Å². The van der Waals surface area contributed by atoms with Gasteiger partial charge in [0.1, 0.15) is 18.0 Å². The zero-order valence-corrected chi connectivity index (χ0v) is 12.7. The van der Waals surface area contributed by atoms with E-state index in [9.17, 15) is 4.39 Å². The SMILES string of the molecule is Cc1[nH]nc2ncnc(N3CC(OCc4ccccc4F)C3)c12. The molecular formula is C16H16FN5O. The van der Waals surface area contributed by atoms with Gasteiger partial charge in [0.15, 0.2) is 5.65 Å². The smallest absolute Gasteiger partial charge is 0.186 e. The Kier molecular flexibility index (Phi) is 3.42. The van der Waals surface area contributed by atoms with E-state index in [-0.39, 0.29) is 18.5 Å². The Morgan fingerprint density at radius 3 is 2.96 bits per heavy atom. The van der Waals surface area contributed by atoms with Crippen molar-refractivity contribution in [2.24, 2.45) is 0 Å². The van der Waals surface area contributed by atoms with E-state index in [4.69, 9.17) is 4.74 Å². The molecule has 0 radical (unpaired) electrons. The van der Waals surface area contributed by atoms with Crippen molar-refractivity contribution in [3.05, 3.63) is 47.7 Å². The summed E-state index contributed by atoms with van der Waals surface area (Å²) in [7, 11) is 0. The second kappa shape index (κ2) is 5.58. The molecule has 3 aromatic rings. The van der Waals surface area contributed by atoms with Gasteiger partial charge in [-0.2, -0.15) is 5.10 Å². The first kappa shape index (κ1) is 14.1. The van der Waals surface area contributed by atoms with Crippen LogP contribution in [0.4, 0.5) is 10.2 Å². The third kappa shape index (κ3) is 2.53. The topological polar surface area (TPSA) is 66.9 Å². The van der Waals surface area contributed by atoms with Gasteiger partial charge in [0.2, 0.25) is 0 Å². The van der Waals surface area contributed by atoms with Gasteiger partial charge in [-0.15, -0.1) is 0 Å². The highest BCUT2D eigenvalue weighted by molar-refractivity contribution is 5.89. The largest absolute Gasteiger partial charge is 0.370 e. The molecule has 2 aromatic heterocycles. The fourth-order valence-electron chi connectivity index (χ4n) is 2.76. The maximum absolute atomic E-state index is 13.6. The predicted molar refractivity (Wildman–Crippen MR) is 83.6 cm³/mol. The molecule has 0 spiro atoms. The minimum absolute atomic E-state index is 0.0758. The number of nitrogens with one attached hydrogen (secondary N) is 1. The summed E-state index contributed by atoms with van der Waals surface area (Å²) in [6.07, 6.45) is 1.60. The Balaban J connectivity index is 1.41. The van der Waals surface area contributed by atoms with Crippen molar-refractivity contribution in [3.8, 4) is 0 Å². The first-order valence-corrected chi connectivity index (χ1v) is 7.48. The van der Waals surface area contributed by atoms with Crippen molar-refractivity contribution in [1.29, 1.82) is 0 Å². The van der Waals surface area contributed by atoms with Gasteiger partial charge < -0.3 is 9.64 Å². The highest BCUT2D eigenvalue weighted by Crippen LogP contribution is 2.28. The minimum atomic E-state index is -0.227. The normalized spacial score (nSPS) is 15.1. The van der Waals surface area contributed by atoms with Gasteiger partial charge in [0.05, 0.1) is 18.1 Å². The molecule has 7 heteroatoms. The molecule has 0 amide bonds. The number of fused-ring (bicyclic) bond motifs is 1. The zero-order valence-electron chi connectivity index (χ0n) is 12.7. The summed E-state index contributed by atoms with van der Waals surface area (Å²) in [6, 6.07) is 6.69. The van der Waals surface area contributed by atoms with Crippen LogP contribution in [0.25, 0.3) is 11.0 Å². The van der Waals surface area contributed by atoms with Crippen LogP contribution in [0.1, 0.15) is 11.3 Å². The Morgan fingerprint density at radius 2 is 2.13 bits per heavy atom. The van der Waals surface area contributed by atoms with Crippen molar-refractivity contribution >= 4 is 16.9 Å². The predicted octanol–water partition coefficient (Wildman–Crippen LogP) is 2.21. The Bertz CT molecular complexity index is 843. The molecule has 1 fully saturated rings. The molecule has 1 aromatic carbocycles. The second-order valence-corrected chi connectivity index (χ2v) is 5.67. The molecule has 1 aliphatic heterocycles. The lowest BCUT2D eigenvalue weighted by molar-refractivity contribution is 0.0209. The molecule has 0 atom stereocenters.